The van der Waals surface area contributed by atoms with Gasteiger partial charge in [0.15, 0.2) is 0 Å². The van der Waals surface area contributed by atoms with Crippen LogP contribution in [0.4, 0.5) is 0 Å². The second kappa shape index (κ2) is 7.25. The number of rotatable bonds is 6. The number of alkyl halides is 1. The number of hydrogen-bond donors (Lipinski definition) is 1. The summed E-state index contributed by atoms with van der Waals surface area (Å²) < 4.78 is 27.4. The van der Waals surface area contributed by atoms with E-state index in [4.69, 9.17) is 11.6 Å². The Hall–Kier alpha value is -1.69. The van der Waals surface area contributed by atoms with Gasteiger partial charge in [-0.25, -0.2) is 8.42 Å². The average Bonchev–Trinajstić information content (AvgIpc) is 2.53. The van der Waals surface area contributed by atoms with Crippen LogP contribution in [-0.4, -0.2) is 20.2 Å². The van der Waals surface area contributed by atoms with Crippen molar-refractivity contribution in [3.63, 3.8) is 0 Å². The minimum Gasteiger partial charge on any atom is -0.298 e. The van der Waals surface area contributed by atoms with Crippen LogP contribution in [0.2, 0.25) is 0 Å². The molecule has 4 nitrogen and oxygen atoms in total. The Kier molecular flexibility index (Phi) is 5.57. The third-order valence-electron chi connectivity index (χ3n) is 3.46. The minimum absolute atomic E-state index is 0.103. The van der Waals surface area contributed by atoms with Gasteiger partial charge >= 0.3 is 0 Å². The Morgan fingerprint density at radius 3 is 2.13 bits per heavy atom. The van der Waals surface area contributed by atoms with Crippen molar-refractivity contribution in [2.45, 2.75) is 30.2 Å². The van der Waals surface area contributed by atoms with Crippen LogP contribution in [0.3, 0.4) is 0 Å². The predicted molar refractivity (Wildman–Crippen MR) is 91.0 cm³/mol. The van der Waals surface area contributed by atoms with Gasteiger partial charge < -0.3 is 0 Å². The number of halogens is 1. The lowest BCUT2D eigenvalue weighted by molar-refractivity contribution is -0.118. The number of nitrogens with one attached hydrogen (secondary N) is 1. The molecule has 0 aliphatic heterocycles. The van der Waals surface area contributed by atoms with E-state index in [9.17, 15) is 13.2 Å². The lowest BCUT2D eigenvalue weighted by atomic mass is 10.0. The van der Waals surface area contributed by atoms with Crippen LogP contribution < -0.4 is 4.72 Å². The maximum Gasteiger partial charge on any atom is 0.241 e. The summed E-state index contributed by atoms with van der Waals surface area (Å²) in [5.41, 5.74) is 1.63. The third-order valence-corrected chi connectivity index (χ3v) is 5.42. The number of benzene rings is 2. The summed E-state index contributed by atoms with van der Waals surface area (Å²) in [5.74, 6) is -0.343. The van der Waals surface area contributed by atoms with E-state index < -0.39 is 21.4 Å². The summed E-state index contributed by atoms with van der Waals surface area (Å²) in [4.78, 5) is 12.0. The van der Waals surface area contributed by atoms with Gasteiger partial charge in [0.2, 0.25) is 10.0 Å². The van der Waals surface area contributed by atoms with E-state index in [1.54, 1.807) is 36.4 Å². The molecule has 0 saturated carbocycles. The summed E-state index contributed by atoms with van der Waals surface area (Å²) in [5, 5.41) is -0.783. The van der Waals surface area contributed by atoms with Gasteiger partial charge in [0.05, 0.1) is 10.3 Å². The molecule has 0 amide bonds. The fourth-order valence-electron chi connectivity index (χ4n) is 2.13. The Morgan fingerprint density at radius 2 is 1.61 bits per heavy atom. The summed E-state index contributed by atoms with van der Waals surface area (Å²) >= 11 is 6.34. The van der Waals surface area contributed by atoms with Gasteiger partial charge in [-0.3, -0.25) is 4.79 Å². The number of Topliss-reactive ketones (excluding diaryl/α,β-unsaturated/α-hetero) is 1. The Balaban J connectivity index is 2.29. The SMILES string of the molecule is CC(=O)[C@@H](NS(=O)(=O)c1ccc(C)cc1)[C@@H](Cl)c1ccccc1. The van der Waals surface area contributed by atoms with Gasteiger partial charge in [0.1, 0.15) is 11.8 Å². The maximum atomic E-state index is 12.5. The largest absolute Gasteiger partial charge is 0.298 e. The highest BCUT2D eigenvalue weighted by atomic mass is 35.5. The van der Waals surface area contributed by atoms with Crippen molar-refractivity contribution in [3.05, 3.63) is 65.7 Å². The van der Waals surface area contributed by atoms with Crippen LogP contribution in [0.1, 0.15) is 23.4 Å². The van der Waals surface area contributed by atoms with Gasteiger partial charge in [-0.1, -0.05) is 48.0 Å². The van der Waals surface area contributed by atoms with E-state index in [-0.39, 0.29) is 10.7 Å². The van der Waals surface area contributed by atoms with Crippen LogP contribution in [0.15, 0.2) is 59.5 Å². The fourth-order valence-corrected chi connectivity index (χ4v) is 3.86. The molecule has 2 aromatic carbocycles. The monoisotopic (exact) mass is 351 g/mol. The smallest absolute Gasteiger partial charge is 0.241 e. The molecule has 122 valence electrons. The minimum atomic E-state index is -3.83. The lowest BCUT2D eigenvalue weighted by Crippen LogP contribution is -2.42. The normalized spacial score (nSPS) is 14.2. The average molecular weight is 352 g/mol. The molecule has 0 aliphatic rings. The van der Waals surface area contributed by atoms with E-state index in [1.165, 1.54) is 19.1 Å². The van der Waals surface area contributed by atoms with Gasteiger partial charge in [-0.05, 0) is 31.5 Å². The molecule has 2 aromatic rings. The highest BCUT2D eigenvalue weighted by molar-refractivity contribution is 7.89. The first-order valence-electron chi connectivity index (χ1n) is 7.10. The summed E-state index contributed by atoms with van der Waals surface area (Å²) in [7, 11) is -3.83. The van der Waals surface area contributed by atoms with Gasteiger partial charge in [-0.15, -0.1) is 11.6 Å². The van der Waals surface area contributed by atoms with Crippen LogP contribution in [-0.2, 0) is 14.8 Å². The van der Waals surface area contributed by atoms with E-state index in [0.717, 1.165) is 5.56 Å². The molecule has 0 aliphatic carbocycles. The molecule has 0 bridgehead atoms. The molecule has 0 spiro atoms. The number of sulfonamides is 1. The molecule has 0 radical (unpaired) electrons. The van der Waals surface area contributed by atoms with Crippen molar-refractivity contribution in [2.24, 2.45) is 0 Å². The molecular weight excluding hydrogens is 334 g/mol. The van der Waals surface area contributed by atoms with Crippen molar-refractivity contribution >= 4 is 27.4 Å². The Bertz CT molecular complexity index is 773. The first-order valence-corrected chi connectivity index (χ1v) is 9.01. The molecule has 0 saturated heterocycles. The quantitative estimate of drug-likeness (QED) is 0.813. The second-order valence-corrected chi connectivity index (χ2v) is 7.52. The summed E-state index contributed by atoms with van der Waals surface area (Å²) in [6.07, 6.45) is 0. The third kappa shape index (κ3) is 4.41. The van der Waals surface area contributed by atoms with Crippen molar-refractivity contribution in [2.75, 3.05) is 0 Å². The maximum absolute atomic E-state index is 12.5. The Labute approximate surface area is 141 Å². The van der Waals surface area contributed by atoms with Gasteiger partial charge in [0, 0.05) is 0 Å². The first kappa shape index (κ1) is 17.7. The van der Waals surface area contributed by atoms with E-state index >= 15 is 0 Å². The van der Waals surface area contributed by atoms with E-state index in [1.807, 2.05) is 13.0 Å². The highest BCUT2D eigenvalue weighted by Crippen LogP contribution is 2.26. The molecule has 0 fully saturated rings. The number of hydrogen-bond acceptors (Lipinski definition) is 3. The standard InChI is InChI=1S/C17H18ClNO3S/c1-12-8-10-15(11-9-12)23(21,22)19-17(13(2)20)16(18)14-6-4-3-5-7-14/h3-11,16-17,19H,1-2H3/t16-,17+/m0/s1. The zero-order chi connectivity index (χ0) is 17.0. The predicted octanol–water partition coefficient (Wildman–Crippen LogP) is 3.21. The molecular formula is C17H18ClNO3S. The molecule has 6 heteroatoms. The summed E-state index contributed by atoms with van der Waals surface area (Å²) in [6, 6.07) is 14.3. The zero-order valence-corrected chi connectivity index (χ0v) is 14.4. The number of carbonyl (C=O) groups excluding carboxylic acids is 1. The number of carbonyl (C=O) groups is 1. The first-order chi connectivity index (χ1) is 10.8. The van der Waals surface area contributed by atoms with Crippen molar-refractivity contribution < 1.29 is 13.2 Å². The zero-order valence-electron chi connectivity index (χ0n) is 12.9. The van der Waals surface area contributed by atoms with Crippen molar-refractivity contribution in [1.82, 2.24) is 4.72 Å². The highest BCUT2D eigenvalue weighted by Gasteiger charge is 2.30. The molecule has 0 heterocycles. The molecule has 23 heavy (non-hydrogen) atoms. The topological polar surface area (TPSA) is 63.2 Å². The molecule has 1 N–H and O–H groups in total. The van der Waals surface area contributed by atoms with Crippen LogP contribution >= 0.6 is 11.6 Å². The van der Waals surface area contributed by atoms with Gasteiger partial charge in [0.25, 0.3) is 0 Å². The lowest BCUT2D eigenvalue weighted by Gasteiger charge is -2.21. The summed E-state index contributed by atoms with van der Waals surface area (Å²) in [6.45, 7) is 3.19. The molecule has 0 unspecified atom stereocenters. The number of aryl methyl sites for hydroxylation is 1. The molecule has 2 rings (SSSR count). The van der Waals surface area contributed by atoms with Crippen LogP contribution in [0, 0.1) is 6.92 Å². The van der Waals surface area contributed by atoms with E-state index in [2.05, 4.69) is 4.72 Å². The number of ketones is 1. The van der Waals surface area contributed by atoms with Crippen molar-refractivity contribution in [1.29, 1.82) is 0 Å². The fraction of sp³-hybridized carbons (Fsp3) is 0.235. The van der Waals surface area contributed by atoms with E-state index in [0.29, 0.717) is 5.56 Å². The Morgan fingerprint density at radius 1 is 1.04 bits per heavy atom. The van der Waals surface area contributed by atoms with Crippen LogP contribution in [0.25, 0.3) is 0 Å². The van der Waals surface area contributed by atoms with Gasteiger partial charge in [-0.2, -0.15) is 4.72 Å². The van der Waals surface area contributed by atoms with Crippen LogP contribution in [0.5, 0.6) is 0 Å². The van der Waals surface area contributed by atoms with Crippen molar-refractivity contribution in [3.8, 4) is 0 Å². The molecule has 0 aromatic heterocycles. The second-order valence-electron chi connectivity index (χ2n) is 5.34. The molecule has 2 atom stereocenters.